The van der Waals surface area contributed by atoms with E-state index in [0.717, 1.165) is 0 Å². The third kappa shape index (κ3) is 1.70. The monoisotopic (exact) mass is 176 g/mol. The fourth-order valence-corrected chi connectivity index (χ4v) is 0.982. The molecule has 11 heavy (non-hydrogen) atoms. The van der Waals surface area contributed by atoms with Crippen LogP contribution in [-0.4, -0.2) is 26.3 Å². The molecule has 0 aliphatic carbocycles. The third-order valence-corrected chi connectivity index (χ3v) is 1.63. The van der Waals surface area contributed by atoms with Crippen molar-refractivity contribution in [1.29, 1.82) is 0 Å². The molecule has 1 rings (SSSR count). The summed E-state index contributed by atoms with van der Waals surface area (Å²) in [4.78, 5) is 10.9. The van der Waals surface area contributed by atoms with E-state index in [9.17, 15) is 4.79 Å². The molecule has 0 bridgehead atoms. The second-order valence-corrected chi connectivity index (χ2v) is 2.24. The van der Waals surface area contributed by atoms with E-state index in [0.29, 0.717) is 17.9 Å². The lowest BCUT2D eigenvalue weighted by molar-refractivity contribution is -0.129. The van der Waals surface area contributed by atoms with Crippen molar-refractivity contribution >= 4 is 15.4 Å². The van der Waals surface area contributed by atoms with Crippen LogP contribution in [0, 0.1) is 0 Å². The van der Waals surface area contributed by atoms with Gasteiger partial charge in [-0.05, 0) is 0 Å². The van der Waals surface area contributed by atoms with Gasteiger partial charge in [0.05, 0.1) is 23.2 Å². The molecular formula is C6H9O4P. The average Bonchev–Trinajstić information content (AvgIpc) is 2.50. The molecule has 0 N–H and O–H groups in total. The van der Waals surface area contributed by atoms with E-state index in [1.165, 1.54) is 7.11 Å². The molecule has 0 aromatic rings. The second-order valence-electron chi connectivity index (χ2n) is 2.00. The van der Waals surface area contributed by atoms with Gasteiger partial charge in [0.25, 0.3) is 0 Å². The summed E-state index contributed by atoms with van der Waals surface area (Å²) >= 11 is 0. The summed E-state index contributed by atoms with van der Waals surface area (Å²) in [5.41, 5.74) is 0.461. The van der Waals surface area contributed by atoms with Gasteiger partial charge in [-0.3, -0.25) is 0 Å². The minimum absolute atomic E-state index is 0.274. The molecule has 0 fully saturated rings. The zero-order valence-corrected chi connectivity index (χ0v) is 7.28. The second kappa shape index (κ2) is 3.69. The van der Waals surface area contributed by atoms with Gasteiger partial charge in [0.15, 0.2) is 0 Å². The fourth-order valence-electron chi connectivity index (χ4n) is 0.839. The highest BCUT2D eigenvalue weighted by molar-refractivity contribution is 7.10. The highest BCUT2D eigenvalue weighted by Gasteiger charge is 2.22. The number of carbonyl (C=O) groups excluding carboxylic acids is 1. The summed E-state index contributed by atoms with van der Waals surface area (Å²) < 4.78 is 14.3. The first-order valence-corrected chi connectivity index (χ1v) is 3.51. The molecule has 4 nitrogen and oxygen atoms in total. The lowest BCUT2D eigenvalue weighted by Crippen LogP contribution is -2.05. The zero-order valence-electron chi connectivity index (χ0n) is 6.12. The molecule has 0 amide bonds. The van der Waals surface area contributed by atoms with Crippen molar-refractivity contribution in [2.75, 3.05) is 20.3 Å². The van der Waals surface area contributed by atoms with Gasteiger partial charge >= 0.3 is 5.97 Å². The molecule has 0 aromatic carbocycles. The van der Waals surface area contributed by atoms with Crippen LogP contribution in [0.15, 0.2) is 11.3 Å². The van der Waals surface area contributed by atoms with Crippen LogP contribution in [0.4, 0.5) is 0 Å². The van der Waals surface area contributed by atoms with Gasteiger partial charge in [0, 0.05) is 0 Å². The number of methoxy groups -OCH3 is 1. The quantitative estimate of drug-likeness (QED) is 0.566. The zero-order chi connectivity index (χ0) is 8.27. The maximum Gasteiger partial charge on any atom is 0.342 e. The van der Waals surface area contributed by atoms with Crippen LogP contribution in [0.25, 0.3) is 0 Å². The van der Waals surface area contributed by atoms with Crippen molar-refractivity contribution in [2.45, 2.75) is 0 Å². The van der Waals surface area contributed by atoms with Gasteiger partial charge in [-0.25, -0.2) is 4.79 Å². The Kier molecular flexibility index (Phi) is 2.85. The molecule has 1 aliphatic heterocycles. The minimum Gasteiger partial charge on any atom is -0.498 e. The molecule has 62 valence electrons. The van der Waals surface area contributed by atoms with Crippen LogP contribution in [0.2, 0.25) is 0 Å². The van der Waals surface area contributed by atoms with Gasteiger partial charge in [0.1, 0.15) is 17.9 Å². The first-order chi connectivity index (χ1) is 5.29. The predicted molar refractivity (Wildman–Crippen MR) is 40.7 cm³/mol. The van der Waals surface area contributed by atoms with Crippen molar-refractivity contribution in [1.82, 2.24) is 0 Å². The molecule has 1 aliphatic rings. The number of carbonyl (C=O) groups is 1. The molecule has 0 spiro atoms. The molecule has 0 saturated carbocycles. The van der Waals surface area contributed by atoms with Gasteiger partial charge < -0.3 is 14.0 Å². The van der Waals surface area contributed by atoms with Crippen LogP contribution in [0.1, 0.15) is 0 Å². The maximum atomic E-state index is 10.9. The third-order valence-electron chi connectivity index (χ3n) is 1.42. The van der Waals surface area contributed by atoms with Crippen molar-refractivity contribution in [3.05, 3.63) is 11.3 Å². The molecule has 5 heteroatoms. The van der Waals surface area contributed by atoms with Crippen molar-refractivity contribution in [3.8, 4) is 0 Å². The van der Waals surface area contributed by atoms with Crippen LogP contribution in [-0.2, 0) is 18.8 Å². The predicted octanol–water partition coefficient (Wildman–Crippen LogP) is 0.250. The molecule has 1 heterocycles. The first kappa shape index (κ1) is 8.50. The molecular weight excluding hydrogens is 167 g/mol. The SMILES string of the molecule is COC1=C(C(=O)OP)COC1. The fraction of sp³-hybridized carbons (Fsp3) is 0.500. The Balaban J connectivity index is 2.74. The molecule has 1 atom stereocenters. The first-order valence-electron chi connectivity index (χ1n) is 3.04. The maximum absolute atomic E-state index is 10.9. The van der Waals surface area contributed by atoms with Crippen molar-refractivity contribution < 1.29 is 18.8 Å². The normalized spacial score (nSPS) is 16.9. The van der Waals surface area contributed by atoms with Crippen molar-refractivity contribution in [3.63, 3.8) is 0 Å². The van der Waals surface area contributed by atoms with E-state index in [4.69, 9.17) is 9.47 Å². The van der Waals surface area contributed by atoms with E-state index in [1.807, 2.05) is 9.47 Å². The summed E-state index contributed by atoms with van der Waals surface area (Å²) in [7, 11) is 3.39. The van der Waals surface area contributed by atoms with E-state index in [1.54, 1.807) is 0 Å². The highest BCUT2D eigenvalue weighted by Crippen LogP contribution is 2.16. The minimum atomic E-state index is -0.413. The smallest absolute Gasteiger partial charge is 0.342 e. The summed E-state index contributed by atoms with van der Waals surface area (Å²) in [6.45, 7) is 0.627. The number of hydrogen-bond acceptors (Lipinski definition) is 4. The Labute approximate surface area is 66.8 Å². The van der Waals surface area contributed by atoms with E-state index in [-0.39, 0.29) is 6.61 Å². The number of ether oxygens (including phenoxy) is 2. The highest BCUT2D eigenvalue weighted by atomic mass is 31.0. The van der Waals surface area contributed by atoms with E-state index >= 15 is 0 Å². The Hall–Kier alpha value is -0.600. The number of hydrogen-bond donors (Lipinski definition) is 0. The van der Waals surface area contributed by atoms with Gasteiger partial charge in [-0.15, -0.1) is 0 Å². The largest absolute Gasteiger partial charge is 0.498 e. The standard InChI is InChI=1S/C6H9O4P/c1-8-5-3-9-2-4(5)6(7)10-11/h2-3,11H2,1H3. The van der Waals surface area contributed by atoms with E-state index < -0.39 is 5.97 Å². The van der Waals surface area contributed by atoms with Crippen LogP contribution < -0.4 is 0 Å². The van der Waals surface area contributed by atoms with Crippen LogP contribution >= 0.6 is 9.47 Å². The van der Waals surface area contributed by atoms with Gasteiger partial charge in [0.2, 0.25) is 0 Å². The van der Waals surface area contributed by atoms with Crippen LogP contribution in [0.3, 0.4) is 0 Å². The Morgan fingerprint density at radius 3 is 2.91 bits per heavy atom. The van der Waals surface area contributed by atoms with Crippen molar-refractivity contribution in [2.24, 2.45) is 0 Å². The summed E-state index contributed by atoms with van der Waals surface area (Å²) in [6, 6.07) is 0. The molecule has 0 aromatic heterocycles. The van der Waals surface area contributed by atoms with Gasteiger partial charge in [-0.1, -0.05) is 0 Å². The van der Waals surface area contributed by atoms with E-state index in [2.05, 4.69) is 4.52 Å². The lowest BCUT2D eigenvalue weighted by Gasteiger charge is -2.00. The topological polar surface area (TPSA) is 44.8 Å². The Morgan fingerprint density at radius 1 is 1.64 bits per heavy atom. The summed E-state index contributed by atoms with van der Waals surface area (Å²) in [5.74, 6) is 0.141. The number of rotatable bonds is 2. The summed E-state index contributed by atoms with van der Waals surface area (Å²) in [5, 5.41) is 0. The molecule has 0 saturated heterocycles. The summed E-state index contributed by atoms with van der Waals surface area (Å²) in [6.07, 6.45) is 0. The average molecular weight is 176 g/mol. The van der Waals surface area contributed by atoms with Gasteiger partial charge in [-0.2, -0.15) is 0 Å². The molecule has 1 unspecified atom stereocenters. The van der Waals surface area contributed by atoms with Crippen LogP contribution in [0.5, 0.6) is 0 Å². The Morgan fingerprint density at radius 2 is 2.36 bits per heavy atom. The Bertz CT molecular complexity index is 199. The molecule has 0 radical (unpaired) electrons. The lowest BCUT2D eigenvalue weighted by atomic mass is 10.3.